The highest BCUT2D eigenvalue weighted by atomic mass is 16.5. The number of carboxylic acid groups (broad SMARTS) is 1. The summed E-state index contributed by atoms with van der Waals surface area (Å²) >= 11 is 0. The summed E-state index contributed by atoms with van der Waals surface area (Å²) in [6.07, 6.45) is 0.923. The molecule has 1 aromatic rings. The van der Waals surface area contributed by atoms with Gasteiger partial charge in [0.1, 0.15) is 6.61 Å². The summed E-state index contributed by atoms with van der Waals surface area (Å²) < 4.78 is 4.93. The SMILES string of the molecule is C=CCOC(=O)NC(c1cccc(C(=O)O)c1)C(C)(C)C. The molecule has 0 aliphatic heterocycles. The summed E-state index contributed by atoms with van der Waals surface area (Å²) in [6.45, 7) is 9.47. The Kier molecular flexibility index (Phi) is 5.52. The average Bonchev–Trinajstić information content (AvgIpc) is 2.41. The van der Waals surface area contributed by atoms with Crippen molar-refractivity contribution in [3.8, 4) is 0 Å². The van der Waals surface area contributed by atoms with Crippen molar-refractivity contribution in [3.05, 3.63) is 48.0 Å². The third-order valence-corrected chi connectivity index (χ3v) is 2.93. The van der Waals surface area contributed by atoms with Gasteiger partial charge in [0.15, 0.2) is 0 Å². The van der Waals surface area contributed by atoms with Crippen molar-refractivity contribution in [1.29, 1.82) is 0 Å². The van der Waals surface area contributed by atoms with Gasteiger partial charge in [-0.15, -0.1) is 0 Å². The smallest absolute Gasteiger partial charge is 0.407 e. The van der Waals surface area contributed by atoms with Crippen LogP contribution in [0, 0.1) is 5.41 Å². The monoisotopic (exact) mass is 291 g/mol. The average molecular weight is 291 g/mol. The van der Waals surface area contributed by atoms with Crippen molar-refractivity contribution in [1.82, 2.24) is 5.32 Å². The van der Waals surface area contributed by atoms with E-state index in [4.69, 9.17) is 9.84 Å². The van der Waals surface area contributed by atoms with Crippen molar-refractivity contribution in [3.63, 3.8) is 0 Å². The van der Waals surface area contributed by atoms with Crippen LogP contribution >= 0.6 is 0 Å². The van der Waals surface area contributed by atoms with E-state index in [1.165, 1.54) is 12.1 Å². The molecular formula is C16H21NO4. The topological polar surface area (TPSA) is 75.6 Å². The molecule has 0 heterocycles. The molecule has 1 unspecified atom stereocenters. The Morgan fingerprint density at radius 1 is 1.43 bits per heavy atom. The lowest BCUT2D eigenvalue weighted by Gasteiger charge is -2.31. The molecule has 1 rings (SSSR count). The van der Waals surface area contributed by atoms with Crippen LogP contribution in [0.5, 0.6) is 0 Å². The van der Waals surface area contributed by atoms with Crippen LogP contribution in [0.25, 0.3) is 0 Å². The summed E-state index contributed by atoms with van der Waals surface area (Å²) in [7, 11) is 0. The van der Waals surface area contributed by atoms with Gasteiger partial charge in [-0.2, -0.15) is 0 Å². The van der Waals surface area contributed by atoms with Crippen molar-refractivity contribution in [2.24, 2.45) is 5.41 Å². The van der Waals surface area contributed by atoms with E-state index in [-0.39, 0.29) is 23.6 Å². The molecule has 0 aliphatic rings. The van der Waals surface area contributed by atoms with Crippen LogP contribution in [0.4, 0.5) is 4.79 Å². The maximum absolute atomic E-state index is 11.8. The molecule has 0 saturated heterocycles. The van der Waals surface area contributed by atoms with Crippen LogP contribution in [0.15, 0.2) is 36.9 Å². The van der Waals surface area contributed by atoms with Crippen LogP contribution in [0.1, 0.15) is 42.7 Å². The van der Waals surface area contributed by atoms with Crippen LogP contribution in [0.3, 0.4) is 0 Å². The maximum Gasteiger partial charge on any atom is 0.407 e. The van der Waals surface area contributed by atoms with E-state index in [0.717, 1.165) is 5.56 Å². The van der Waals surface area contributed by atoms with Crippen molar-refractivity contribution in [2.45, 2.75) is 26.8 Å². The van der Waals surface area contributed by atoms with E-state index in [0.29, 0.717) is 0 Å². The molecular weight excluding hydrogens is 270 g/mol. The van der Waals surface area contributed by atoms with Crippen LogP contribution in [-0.2, 0) is 4.74 Å². The molecule has 0 fully saturated rings. The van der Waals surface area contributed by atoms with E-state index in [2.05, 4.69) is 11.9 Å². The lowest BCUT2D eigenvalue weighted by Crippen LogP contribution is -2.37. The lowest BCUT2D eigenvalue weighted by molar-refractivity contribution is 0.0696. The first-order valence-electron chi connectivity index (χ1n) is 6.63. The van der Waals surface area contributed by atoms with Gasteiger partial charge in [-0.25, -0.2) is 9.59 Å². The van der Waals surface area contributed by atoms with Crippen LogP contribution in [0.2, 0.25) is 0 Å². The van der Waals surface area contributed by atoms with E-state index < -0.39 is 12.1 Å². The number of rotatable bonds is 5. The molecule has 0 spiro atoms. The molecule has 5 nitrogen and oxygen atoms in total. The second-order valence-corrected chi connectivity index (χ2v) is 5.76. The Balaban J connectivity index is 3.03. The van der Waals surface area contributed by atoms with E-state index in [1.54, 1.807) is 18.2 Å². The highest BCUT2D eigenvalue weighted by molar-refractivity contribution is 5.87. The van der Waals surface area contributed by atoms with Crippen molar-refractivity contribution < 1.29 is 19.4 Å². The van der Waals surface area contributed by atoms with Gasteiger partial charge in [-0.05, 0) is 23.1 Å². The summed E-state index contributed by atoms with van der Waals surface area (Å²) in [5, 5.41) is 11.8. The molecule has 21 heavy (non-hydrogen) atoms. The lowest BCUT2D eigenvalue weighted by atomic mass is 9.82. The number of benzene rings is 1. The molecule has 0 aliphatic carbocycles. The number of carbonyl (C=O) groups is 2. The first-order chi connectivity index (χ1) is 9.75. The standard InChI is InChI=1S/C16H21NO4/c1-5-9-21-15(20)17-13(16(2,3)4)11-7-6-8-12(10-11)14(18)19/h5-8,10,13H,1,9H2,2-4H3,(H,17,20)(H,18,19). The fraction of sp³-hybridized carbons (Fsp3) is 0.375. The molecule has 0 aromatic heterocycles. The minimum absolute atomic E-state index is 0.123. The number of carbonyl (C=O) groups excluding carboxylic acids is 1. The number of amides is 1. The highest BCUT2D eigenvalue weighted by Gasteiger charge is 2.28. The quantitative estimate of drug-likeness (QED) is 0.815. The van der Waals surface area contributed by atoms with Gasteiger partial charge >= 0.3 is 12.1 Å². The van der Waals surface area contributed by atoms with Gasteiger partial charge in [-0.1, -0.05) is 45.6 Å². The zero-order valence-corrected chi connectivity index (χ0v) is 12.6. The van der Waals surface area contributed by atoms with Crippen LogP contribution in [-0.4, -0.2) is 23.8 Å². The first kappa shape index (κ1) is 16.8. The molecule has 2 N–H and O–H groups in total. The molecule has 0 saturated carbocycles. The number of nitrogens with one attached hydrogen (secondary N) is 1. The molecule has 0 bridgehead atoms. The fourth-order valence-corrected chi connectivity index (χ4v) is 1.95. The molecule has 114 valence electrons. The zero-order valence-electron chi connectivity index (χ0n) is 12.6. The zero-order chi connectivity index (χ0) is 16.0. The summed E-state index contributed by atoms with van der Waals surface area (Å²) in [4.78, 5) is 22.8. The maximum atomic E-state index is 11.8. The Hall–Kier alpha value is -2.30. The van der Waals surface area contributed by atoms with E-state index >= 15 is 0 Å². The fourth-order valence-electron chi connectivity index (χ4n) is 1.95. The number of aromatic carboxylic acids is 1. The normalized spacial score (nSPS) is 12.3. The number of hydrogen-bond acceptors (Lipinski definition) is 3. The summed E-state index contributed by atoms with van der Waals surface area (Å²) in [5.41, 5.74) is 0.602. The van der Waals surface area contributed by atoms with Gasteiger partial charge in [0.25, 0.3) is 0 Å². The molecule has 1 amide bonds. The number of ether oxygens (including phenoxy) is 1. The third kappa shape index (κ3) is 4.95. The number of alkyl carbamates (subject to hydrolysis) is 1. The molecule has 5 heteroatoms. The Bertz CT molecular complexity index is 531. The minimum atomic E-state index is -1.00. The van der Waals surface area contributed by atoms with Gasteiger partial charge in [0, 0.05) is 0 Å². The predicted octanol–water partition coefficient (Wildman–Crippen LogP) is 3.38. The second-order valence-electron chi connectivity index (χ2n) is 5.76. The van der Waals surface area contributed by atoms with Gasteiger partial charge in [0.05, 0.1) is 11.6 Å². The summed E-state index contributed by atoms with van der Waals surface area (Å²) in [5.74, 6) is -1.00. The molecule has 1 aromatic carbocycles. The predicted molar refractivity (Wildman–Crippen MR) is 80.3 cm³/mol. The Morgan fingerprint density at radius 2 is 2.10 bits per heavy atom. The highest BCUT2D eigenvalue weighted by Crippen LogP contribution is 2.33. The second kappa shape index (κ2) is 6.92. The Morgan fingerprint density at radius 3 is 2.62 bits per heavy atom. The van der Waals surface area contributed by atoms with E-state index in [9.17, 15) is 9.59 Å². The third-order valence-electron chi connectivity index (χ3n) is 2.93. The van der Waals surface area contributed by atoms with E-state index in [1.807, 2.05) is 20.8 Å². The first-order valence-corrected chi connectivity index (χ1v) is 6.63. The Labute approximate surface area is 124 Å². The largest absolute Gasteiger partial charge is 0.478 e. The van der Waals surface area contributed by atoms with Gasteiger partial charge < -0.3 is 15.2 Å². The van der Waals surface area contributed by atoms with Gasteiger partial charge in [-0.3, -0.25) is 0 Å². The molecule has 1 atom stereocenters. The van der Waals surface area contributed by atoms with Gasteiger partial charge in [0.2, 0.25) is 0 Å². The van der Waals surface area contributed by atoms with Crippen molar-refractivity contribution in [2.75, 3.05) is 6.61 Å². The summed E-state index contributed by atoms with van der Waals surface area (Å²) in [6, 6.07) is 6.16. The van der Waals surface area contributed by atoms with Crippen molar-refractivity contribution >= 4 is 12.1 Å². The molecule has 0 radical (unpaired) electrons. The minimum Gasteiger partial charge on any atom is -0.478 e. The van der Waals surface area contributed by atoms with Crippen LogP contribution < -0.4 is 5.32 Å². The number of carboxylic acids is 1. The number of hydrogen-bond donors (Lipinski definition) is 2.